The smallest absolute Gasteiger partial charge is 0.271 e. The summed E-state index contributed by atoms with van der Waals surface area (Å²) in [6.45, 7) is 4.29. The molecule has 0 radical (unpaired) electrons. The number of hydrogen-bond acceptors (Lipinski definition) is 4. The van der Waals surface area contributed by atoms with Gasteiger partial charge in [0.25, 0.3) is 11.5 Å². The normalized spacial score (nSPS) is 10.2. The zero-order valence-electron chi connectivity index (χ0n) is 10.2. The molecule has 0 saturated heterocycles. The third-order valence-corrected chi connectivity index (χ3v) is 2.21. The van der Waals surface area contributed by atoms with Crippen LogP contribution >= 0.6 is 0 Å². The summed E-state index contributed by atoms with van der Waals surface area (Å²) in [6.07, 6.45) is 1.07. The van der Waals surface area contributed by atoms with Crippen LogP contribution in [-0.4, -0.2) is 35.3 Å². The molecule has 0 aliphatic carbocycles. The topological polar surface area (TPSA) is 76.0 Å². The molecular weight excluding hydrogens is 220 g/mol. The molecule has 1 aromatic heterocycles. The first-order chi connectivity index (χ1) is 8.15. The summed E-state index contributed by atoms with van der Waals surface area (Å²) in [6, 6.07) is 2.76. The van der Waals surface area contributed by atoms with E-state index in [0.717, 1.165) is 24.2 Å². The lowest BCUT2D eigenvalue weighted by atomic mass is 10.3. The van der Waals surface area contributed by atoms with Crippen LogP contribution in [0.5, 0.6) is 0 Å². The van der Waals surface area contributed by atoms with Crippen molar-refractivity contribution in [2.45, 2.75) is 13.3 Å². The highest BCUT2D eigenvalue weighted by Crippen LogP contribution is 1.88. The van der Waals surface area contributed by atoms with Crippen molar-refractivity contribution in [1.82, 2.24) is 20.4 Å². The number of nitrogens with zero attached hydrogens (tertiary/aromatic N) is 2. The van der Waals surface area contributed by atoms with Crippen molar-refractivity contribution in [3.8, 4) is 0 Å². The molecule has 0 spiro atoms. The van der Waals surface area contributed by atoms with Crippen molar-refractivity contribution in [3.63, 3.8) is 0 Å². The van der Waals surface area contributed by atoms with Crippen LogP contribution < -0.4 is 16.2 Å². The van der Waals surface area contributed by atoms with Gasteiger partial charge in [0.15, 0.2) is 0 Å². The Morgan fingerprint density at radius 1 is 1.35 bits per heavy atom. The van der Waals surface area contributed by atoms with Gasteiger partial charge < -0.3 is 10.6 Å². The Labute approximate surface area is 100 Å². The van der Waals surface area contributed by atoms with E-state index in [0.29, 0.717) is 6.54 Å². The molecule has 0 bridgehead atoms. The van der Waals surface area contributed by atoms with Gasteiger partial charge >= 0.3 is 0 Å². The monoisotopic (exact) mass is 238 g/mol. The molecule has 0 aromatic carbocycles. The minimum atomic E-state index is -0.265. The molecule has 1 rings (SSSR count). The number of amides is 1. The van der Waals surface area contributed by atoms with Crippen LogP contribution in [0.3, 0.4) is 0 Å². The molecule has 1 heterocycles. The summed E-state index contributed by atoms with van der Waals surface area (Å²) in [7, 11) is 1.52. The fourth-order valence-corrected chi connectivity index (χ4v) is 1.28. The van der Waals surface area contributed by atoms with Crippen LogP contribution in [0, 0.1) is 0 Å². The fraction of sp³-hybridized carbons (Fsp3) is 0.545. The molecule has 17 heavy (non-hydrogen) atoms. The second-order valence-corrected chi connectivity index (χ2v) is 3.69. The minimum absolute atomic E-state index is 0.230. The van der Waals surface area contributed by atoms with E-state index in [4.69, 9.17) is 0 Å². The van der Waals surface area contributed by atoms with Gasteiger partial charge in [0.1, 0.15) is 5.69 Å². The predicted octanol–water partition coefficient (Wildman–Crippen LogP) is -0.490. The number of carbonyl (C=O) groups excluding carboxylic acids is 1. The summed E-state index contributed by atoms with van der Waals surface area (Å²) in [4.78, 5) is 22.7. The van der Waals surface area contributed by atoms with E-state index in [1.165, 1.54) is 19.2 Å². The van der Waals surface area contributed by atoms with Gasteiger partial charge in [-0.25, -0.2) is 4.68 Å². The number of nitrogens with one attached hydrogen (secondary N) is 2. The SMILES string of the molecule is CCCNCCNC(=O)c1ccc(=O)n(C)n1. The second kappa shape index (κ2) is 6.80. The van der Waals surface area contributed by atoms with Crippen LogP contribution in [0.15, 0.2) is 16.9 Å². The molecule has 94 valence electrons. The molecule has 0 saturated carbocycles. The van der Waals surface area contributed by atoms with E-state index in [2.05, 4.69) is 22.7 Å². The third-order valence-electron chi connectivity index (χ3n) is 2.21. The first kappa shape index (κ1) is 13.4. The summed E-state index contributed by atoms with van der Waals surface area (Å²) in [5.41, 5.74) is 0.0220. The van der Waals surface area contributed by atoms with E-state index in [9.17, 15) is 9.59 Å². The van der Waals surface area contributed by atoms with Gasteiger partial charge in [0.2, 0.25) is 0 Å². The van der Waals surface area contributed by atoms with Gasteiger partial charge in [0.05, 0.1) is 0 Å². The molecule has 0 aliphatic heterocycles. The number of rotatable bonds is 6. The molecule has 0 atom stereocenters. The Hall–Kier alpha value is -1.69. The quantitative estimate of drug-likeness (QED) is 0.656. The lowest BCUT2D eigenvalue weighted by Crippen LogP contribution is -2.33. The average Bonchev–Trinajstić information content (AvgIpc) is 2.32. The fourth-order valence-electron chi connectivity index (χ4n) is 1.28. The molecule has 2 N–H and O–H groups in total. The van der Waals surface area contributed by atoms with Crippen LogP contribution in [-0.2, 0) is 7.05 Å². The third kappa shape index (κ3) is 4.36. The van der Waals surface area contributed by atoms with Gasteiger partial charge in [-0.05, 0) is 19.0 Å². The van der Waals surface area contributed by atoms with Crippen LogP contribution in [0.1, 0.15) is 23.8 Å². The highest BCUT2D eigenvalue weighted by Gasteiger charge is 2.07. The Bertz CT molecular complexity index is 428. The van der Waals surface area contributed by atoms with Crippen LogP contribution in [0.4, 0.5) is 0 Å². The summed E-state index contributed by atoms with van der Waals surface area (Å²) in [5, 5.41) is 9.76. The molecule has 0 aliphatic rings. The van der Waals surface area contributed by atoms with Crippen molar-refractivity contribution >= 4 is 5.91 Å². The van der Waals surface area contributed by atoms with Gasteiger partial charge in [-0.2, -0.15) is 5.10 Å². The first-order valence-corrected chi connectivity index (χ1v) is 5.68. The van der Waals surface area contributed by atoms with E-state index >= 15 is 0 Å². The van der Waals surface area contributed by atoms with E-state index in [1.807, 2.05) is 0 Å². The lowest BCUT2D eigenvalue weighted by Gasteiger charge is -2.06. The number of hydrogen-bond donors (Lipinski definition) is 2. The summed E-state index contributed by atoms with van der Waals surface area (Å²) in [5.74, 6) is -0.265. The van der Waals surface area contributed by atoms with E-state index in [-0.39, 0.29) is 17.2 Å². The maximum Gasteiger partial charge on any atom is 0.271 e. The number of aryl methyl sites for hydroxylation is 1. The first-order valence-electron chi connectivity index (χ1n) is 5.68. The summed E-state index contributed by atoms with van der Waals surface area (Å²) < 4.78 is 1.14. The molecule has 6 nitrogen and oxygen atoms in total. The minimum Gasteiger partial charge on any atom is -0.349 e. The predicted molar refractivity (Wildman–Crippen MR) is 65.0 cm³/mol. The van der Waals surface area contributed by atoms with Crippen molar-refractivity contribution in [2.24, 2.45) is 7.05 Å². The maximum absolute atomic E-state index is 11.6. The van der Waals surface area contributed by atoms with Crippen LogP contribution in [0.2, 0.25) is 0 Å². The Morgan fingerprint density at radius 2 is 2.12 bits per heavy atom. The van der Waals surface area contributed by atoms with Gasteiger partial charge in [-0.3, -0.25) is 9.59 Å². The zero-order valence-corrected chi connectivity index (χ0v) is 10.2. The Morgan fingerprint density at radius 3 is 2.76 bits per heavy atom. The van der Waals surface area contributed by atoms with E-state index in [1.54, 1.807) is 0 Å². The largest absolute Gasteiger partial charge is 0.349 e. The lowest BCUT2D eigenvalue weighted by molar-refractivity contribution is 0.0946. The van der Waals surface area contributed by atoms with Gasteiger partial charge in [-0.15, -0.1) is 0 Å². The van der Waals surface area contributed by atoms with Gasteiger partial charge in [-0.1, -0.05) is 6.92 Å². The Balaban J connectivity index is 2.42. The van der Waals surface area contributed by atoms with Crippen molar-refractivity contribution in [3.05, 3.63) is 28.2 Å². The molecular formula is C11H18N4O2. The van der Waals surface area contributed by atoms with Crippen molar-refractivity contribution in [1.29, 1.82) is 0 Å². The standard InChI is InChI=1S/C11H18N4O2/c1-3-6-12-7-8-13-11(17)9-4-5-10(16)15(2)14-9/h4-5,12H,3,6-8H2,1-2H3,(H,13,17). The summed E-state index contributed by atoms with van der Waals surface area (Å²) >= 11 is 0. The average molecular weight is 238 g/mol. The Kier molecular flexibility index (Phi) is 5.35. The van der Waals surface area contributed by atoms with Crippen molar-refractivity contribution in [2.75, 3.05) is 19.6 Å². The number of aromatic nitrogens is 2. The highest BCUT2D eigenvalue weighted by molar-refractivity contribution is 5.91. The molecule has 0 unspecified atom stereocenters. The number of carbonyl (C=O) groups is 1. The van der Waals surface area contributed by atoms with E-state index < -0.39 is 0 Å². The zero-order chi connectivity index (χ0) is 12.7. The van der Waals surface area contributed by atoms with Crippen molar-refractivity contribution < 1.29 is 4.79 Å². The van der Waals surface area contributed by atoms with Crippen LogP contribution in [0.25, 0.3) is 0 Å². The highest BCUT2D eigenvalue weighted by atomic mass is 16.2. The molecule has 6 heteroatoms. The van der Waals surface area contributed by atoms with Gasteiger partial charge in [0, 0.05) is 26.2 Å². The molecule has 1 aromatic rings. The molecule has 1 amide bonds. The second-order valence-electron chi connectivity index (χ2n) is 3.69. The molecule has 0 fully saturated rings. The maximum atomic E-state index is 11.6.